The van der Waals surface area contributed by atoms with E-state index in [0.29, 0.717) is 5.56 Å². The molecule has 1 aliphatic rings. The van der Waals surface area contributed by atoms with E-state index in [4.69, 9.17) is 5.11 Å². The number of methoxy groups -OCH3 is 1. The third-order valence-electron chi connectivity index (χ3n) is 4.11. The van der Waals surface area contributed by atoms with Gasteiger partial charge in [-0.1, -0.05) is 6.92 Å². The summed E-state index contributed by atoms with van der Waals surface area (Å²) in [6, 6.07) is 4.20. The molecule has 1 heterocycles. The predicted molar refractivity (Wildman–Crippen MR) is 81.6 cm³/mol. The quantitative estimate of drug-likeness (QED) is 0.824. The molecule has 2 atom stereocenters. The maximum absolute atomic E-state index is 12.7. The second-order valence-corrected chi connectivity index (χ2v) is 7.62. The summed E-state index contributed by atoms with van der Waals surface area (Å²) in [5, 5.41) is 9.14. The zero-order chi connectivity index (χ0) is 17.4. The van der Waals surface area contributed by atoms with Crippen molar-refractivity contribution < 1.29 is 27.9 Å². The minimum Gasteiger partial charge on any atom is -0.481 e. The Bertz CT molecular complexity index is 742. The lowest BCUT2D eigenvalue weighted by Crippen LogP contribution is -2.30. The summed E-state index contributed by atoms with van der Waals surface area (Å²) in [6.07, 6.45) is 0. The van der Waals surface area contributed by atoms with E-state index in [2.05, 4.69) is 4.74 Å². The molecule has 1 N–H and O–H groups in total. The van der Waals surface area contributed by atoms with Crippen LogP contribution in [0.5, 0.6) is 0 Å². The Balaban J connectivity index is 2.34. The van der Waals surface area contributed by atoms with Gasteiger partial charge in [-0.3, -0.25) is 4.79 Å². The molecule has 0 amide bonds. The van der Waals surface area contributed by atoms with Gasteiger partial charge in [0, 0.05) is 13.1 Å². The van der Waals surface area contributed by atoms with Crippen LogP contribution in [0.1, 0.15) is 22.8 Å². The second kappa shape index (κ2) is 6.29. The van der Waals surface area contributed by atoms with E-state index in [-0.39, 0.29) is 29.5 Å². The van der Waals surface area contributed by atoms with Crippen molar-refractivity contribution in [1.29, 1.82) is 0 Å². The van der Waals surface area contributed by atoms with Crippen molar-refractivity contribution in [2.75, 3.05) is 20.2 Å². The minimum absolute atomic E-state index is 0.0446. The first-order chi connectivity index (χ1) is 10.7. The molecular weight excluding hydrogens is 322 g/mol. The van der Waals surface area contributed by atoms with Crippen LogP contribution in [0.4, 0.5) is 0 Å². The highest BCUT2D eigenvalue weighted by Gasteiger charge is 2.41. The number of nitrogens with zero attached hydrogens (tertiary/aromatic N) is 1. The lowest BCUT2D eigenvalue weighted by Gasteiger charge is -2.18. The first-order valence-electron chi connectivity index (χ1n) is 7.10. The molecule has 1 aromatic rings. The van der Waals surface area contributed by atoms with Gasteiger partial charge in [-0.05, 0) is 36.6 Å². The highest BCUT2D eigenvalue weighted by Crippen LogP contribution is 2.30. The number of carbonyl (C=O) groups is 2. The highest BCUT2D eigenvalue weighted by atomic mass is 32.2. The Hall–Kier alpha value is -1.93. The van der Waals surface area contributed by atoms with E-state index in [1.165, 1.54) is 29.6 Å². The first-order valence-corrected chi connectivity index (χ1v) is 8.54. The van der Waals surface area contributed by atoms with Gasteiger partial charge in [0.1, 0.15) is 0 Å². The Morgan fingerprint density at radius 1 is 1.30 bits per heavy atom. The van der Waals surface area contributed by atoms with Crippen molar-refractivity contribution in [3.8, 4) is 0 Å². The fourth-order valence-electron chi connectivity index (χ4n) is 2.76. The molecule has 126 valence electrons. The van der Waals surface area contributed by atoms with Gasteiger partial charge in [0.15, 0.2) is 0 Å². The minimum atomic E-state index is -3.80. The summed E-state index contributed by atoms with van der Waals surface area (Å²) in [6.45, 7) is 3.43. The summed E-state index contributed by atoms with van der Waals surface area (Å²) in [5.41, 5.74) is 0.682. The van der Waals surface area contributed by atoms with Crippen molar-refractivity contribution in [2.45, 2.75) is 18.7 Å². The molecule has 0 spiro atoms. The maximum atomic E-state index is 12.7. The van der Waals surface area contributed by atoms with Gasteiger partial charge in [-0.2, -0.15) is 4.31 Å². The SMILES string of the molecule is COC(=O)c1ccc(S(=O)(=O)N2C[C@@H](C)[C@H](C(=O)O)C2)c(C)c1. The van der Waals surface area contributed by atoms with Crippen LogP contribution in [0.25, 0.3) is 0 Å². The number of aryl methyl sites for hydroxylation is 1. The fraction of sp³-hybridized carbons (Fsp3) is 0.467. The molecule has 1 aliphatic heterocycles. The number of hydrogen-bond donors (Lipinski definition) is 1. The van der Waals surface area contributed by atoms with Crippen LogP contribution in [0, 0.1) is 18.8 Å². The molecule has 2 rings (SSSR count). The molecule has 0 radical (unpaired) electrons. The summed E-state index contributed by atoms with van der Waals surface area (Å²) >= 11 is 0. The molecule has 7 nitrogen and oxygen atoms in total. The summed E-state index contributed by atoms with van der Waals surface area (Å²) in [4.78, 5) is 22.7. The number of carboxylic acid groups (broad SMARTS) is 1. The van der Waals surface area contributed by atoms with Crippen molar-refractivity contribution in [3.63, 3.8) is 0 Å². The molecule has 1 fully saturated rings. The van der Waals surface area contributed by atoms with Gasteiger partial charge in [0.2, 0.25) is 10.0 Å². The topological polar surface area (TPSA) is 101 Å². The molecular formula is C15H19NO6S. The molecule has 0 aliphatic carbocycles. The van der Waals surface area contributed by atoms with E-state index >= 15 is 0 Å². The van der Waals surface area contributed by atoms with Gasteiger partial charge in [-0.15, -0.1) is 0 Å². The Morgan fingerprint density at radius 3 is 2.43 bits per heavy atom. The van der Waals surface area contributed by atoms with Gasteiger partial charge in [0.25, 0.3) is 0 Å². The summed E-state index contributed by atoms with van der Waals surface area (Å²) in [7, 11) is -2.55. The van der Waals surface area contributed by atoms with Crippen LogP contribution >= 0.6 is 0 Å². The highest BCUT2D eigenvalue weighted by molar-refractivity contribution is 7.89. The van der Waals surface area contributed by atoms with Gasteiger partial charge in [-0.25, -0.2) is 13.2 Å². The predicted octanol–water partition coefficient (Wildman–Crippen LogP) is 1.12. The molecule has 1 aromatic carbocycles. The maximum Gasteiger partial charge on any atom is 0.337 e. The molecule has 8 heteroatoms. The molecule has 0 unspecified atom stereocenters. The number of hydrogen-bond acceptors (Lipinski definition) is 5. The second-order valence-electron chi connectivity index (χ2n) is 5.72. The average Bonchev–Trinajstić information content (AvgIpc) is 2.89. The zero-order valence-corrected chi connectivity index (χ0v) is 14.0. The summed E-state index contributed by atoms with van der Waals surface area (Å²) in [5.74, 6) is -2.50. The van der Waals surface area contributed by atoms with Gasteiger partial charge in [0.05, 0.1) is 23.5 Å². The van der Waals surface area contributed by atoms with Crippen molar-refractivity contribution in [3.05, 3.63) is 29.3 Å². The number of carboxylic acids is 1. The third-order valence-corrected chi connectivity index (χ3v) is 6.10. The van der Waals surface area contributed by atoms with Gasteiger partial charge < -0.3 is 9.84 Å². The number of ether oxygens (including phenoxy) is 1. The normalized spacial score (nSPS) is 22.0. The van der Waals surface area contributed by atoms with Crippen LogP contribution < -0.4 is 0 Å². The monoisotopic (exact) mass is 341 g/mol. The van der Waals surface area contributed by atoms with Crippen molar-refractivity contribution >= 4 is 22.0 Å². The van der Waals surface area contributed by atoms with E-state index in [1.54, 1.807) is 13.8 Å². The number of aliphatic carboxylic acids is 1. The number of carbonyl (C=O) groups excluding carboxylic acids is 1. The van der Waals surface area contributed by atoms with Gasteiger partial charge >= 0.3 is 11.9 Å². The number of esters is 1. The van der Waals surface area contributed by atoms with Crippen molar-refractivity contribution in [2.24, 2.45) is 11.8 Å². The Labute approximate surface area is 134 Å². The zero-order valence-electron chi connectivity index (χ0n) is 13.1. The Morgan fingerprint density at radius 2 is 1.96 bits per heavy atom. The average molecular weight is 341 g/mol. The summed E-state index contributed by atoms with van der Waals surface area (Å²) < 4.78 is 31.3. The van der Waals surface area contributed by atoms with E-state index in [0.717, 1.165) is 0 Å². The smallest absolute Gasteiger partial charge is 0.337 e. The van der Waals surface area contributed by atoms with Crippen LogP contribution in [0.15, 0.2) is 23.1 Å². The standard InChI is InChI=1S/C15H19NO6S/c1-9-6-11(15(19)22-3)4-5-13(9)23(20,21)16-7-10(2)12(8-16)14(17)18/h4-6,10,12H,7-8H2,1-3H3,(H,17,18)/t10-,12-/m1/s1. The molecule has 0 saturated carbocycles. The van der Waals surface area contributed by atoms with E-state index < -0.39 is 27.9 Å². The third kappa shape index (κ3) is 3.23. The fourth-order valence-corrected chi connectivity index (χ4v) is 4.54. The van der Waals surface area contributed by atoms with Crippen molar-refractivity contribution in [1.82, 2.24) is 4.31 Å². The van der Waals surface area contributed by atoms with E-state index in [9.17, 15) is 18.0 Å². The first kappa shape index (κ1) is 17.4. The lowest BCUT2D eigenvalue weighted by molar-refractivity contribution is -0.142. The largest absolute Gasteiger partial charge is 0.481 e. The molecule has 0 aromatic heterocycles. The van der Waals surface area contributed by atoms with Crippen LogP contribution in [0.2, 0.25) is 0 Å². The number of sulfonamides is 1. The van der Waals surface area contributed by atoms with Crippen LogP contribution in [-0.2, 0) is 19.6 Å². The number of benzene rings is 1. The molecule has 0 bridgehead atoms. The van der Waals surface area contributed by atoms with Crippen LogP contribution in [-0.4, -0.2) is 50.0 Å². The Kier molecular flexibility index (Phi) is 4.76. The molecule has 1 saturated heterocycles. The van der Waals surface area contributed by atoms with E-state index in [1.807, 2.05) is 0 Å². The molecule has 23 heavy (non-hydrogen) atoms. The lowest BCUT2D eigenvalue weighted by atomic mass is 9.99. The van der Waals surface area contributed by atoms with Crippen LogP contribution in [0.3, 0.4) is 0 Å². The number of rotatable bonds is 4.